The molecular formula is C15H21N5O2. The minimum atomic E-state index is -0.564. The summed E-state index contributed by atoms with van der Waals surface area (Å²) in [5.41, 5.74) is 7.85. The number of nitrogens with zero attached hydrogens (tertiary/aromatic N) is 4. The van der Waals surface area contributed by atoms with E-state index in [9.17, 15) is 4.79 Å². The molecule has 0 bridgehead atoms. The van der Waals surface area contributed by atoms with E-state index < -0.39 is 5.97 Å². The highest BCUT2D eigenvalue weighted by Crippen LogP contribution is 2.20. The number of nitrogen functional groups attached to an aromatic ring is 1. The Morgan fingerprint density at radius 2 is 1.86 bits per heavy atom. The van der Waals surface area contributed by atoms with Crippen molar-refractivity contribution >= 4 is 17.5 Å². The first-order valence-electron chi connectivity index (χ1n) is 7.36. The highest BCUT2D eigenvalue weighted by Gasteiger charge is 2.19. The van der Waals surface area contributed by atoms with Gasteiger partial charge in [0.15, 0.2) is 5.82 Å². The van der Waals surface area contributed by atoms with E-state index in [0.717, 1.165) is 24.5 Å². The molecule has 1 aromatic heterocycles. The highest BCUT2D eigenvalue weighted by atomic mass is 16.5. The van der Waals surface area contributed by atoms with Gasteiger partial charge in [-0.1, -0.05) is 5.21 Å². The van der Waals surface area contributed by atoms with Crippen molar-refractivity contribution in [2.75, 3.05) is 30.3 Å². The first-order valence-corrected chi connectivity index (χ1v) is 7.36. The molecule has 0 amide bonds. The summed E-state index contributed by atoms with van der Waals surface area (Å²) in [4.78, 5) is 13.9. The van der Waals surface area contributed by atoms with E-state index in [-0.39, 0.29) is 18.1 Å². The van der Waals surface area contributed by atoms with Gasteiger partial charge in [-0.2, -0.15) is 4.68 Å². The number of nitrogens with two attached hydrogens (primary N) is 1. The fourth-order valence-electron chi connectivity index (χ4n) is 2.22. The number of carbonyl (C=O) groups excluding carboxylic acids is 1. The number of hydrogen-bond acceptors (Lipinski definition) is 6. The molecule has 0 saturated heterocycles. The molecule has 0 saturated carbocycles. The second-order valence-electron chi connectivity index (χ2n) is 4.64. The molecule has 0 aliphatic heterocycles. The predicted octanol–water partition coefficient (Wildman–Crippen LogP) is 1.87. The van der Waals surface area contributed by atoms with Crippen molar-refractivity contribution in [3.63, 3.8) is 0 Å². The summed E-state index contributed by atoms with van der Waals surface area (Å²) in [5, 5.41) is 7.73. The number of anilines is 2. The summed E-state index contributed by atoms with van der Waals surface area (Å²) >= 11 is 0. The Kier molecular flexibility index (Phi) is 4.98. The van der Waals surface area contributed by atoms with Crippen molar-refractivity contribution in [2.45, 2.75) is 20.8 Å². The topological polar surface area (TPSA) is 86.3 Å². The number of benzene rings is 1. The lowest BCUT2D eigenvalue weighted by Crippen LogP contribution is -2.21. The van der Waals surface area contributed by atoms with Crippen LogP contribution < -0.4 is 10.6 Å². The van der Waals surface area contributed by atoms with Gasteiger partial charge in [0.05, 0.1) is 12.3 Å². The lowest BCUT2D eigenvalue weighted by atomic mass is 10.2. The standard InChI is InChI=1S/C15H21N5O2/c1-4-19(5-2)11-7-9-12(10-8-11)20-14(16)13(17-18-20)15(21)22-6-3/h7-10H,4-6,16H2,1-3H3. The predicted molar refractivity (Wildman–Crippen MR) is 85.3 cm³/mol. The second kappa shape index (κ2) is 6.93. The second-order valence-corrected chi connectivity index (χ2v) is 4.64. The van der Waals surface area contributed by atoms with Gasteiger partial charge in [-0.05, 0) is 45.0 Å². The van der Waals surface area contributed by atoms with Gasteiger partial charge in [0, 0.05) is 18.8 Å². The minimum absolute atomic E-state index is 0.0367. The monoisotopic (exact) mass is 303 g/mol. The van der Waals surface area contributed by atoms with Crippen LogP contribution in [-0.2, 0) is 4.74 Å². The molecule has 2 N–H and O–H groups in total. The van der Waals surface area contributed by atoms with Gasteiger partial charge in [0.2, 0.25) is 5.69 Å². The van der Waals surface area contributed by atoms with Crippen molar-refractivity contribution in [1.82, 2.24) is 15.0 Å². The molecule has 22 heavy (non-hydrogen) atoms. The zero-order chi connectivity index (χ0) is 16.1. The molecule has 2 rings (SSSR count). The van der Waals surface area contributed by atoms with Crippen molar-refractivity contribution < 1.29 is 9.53 Å². The van der Waals surface area contributed by atoms with Crippen molar-refractivity contribution in [1.29, 1.82) is 0 Å². The smallest absolute Gasteiger partial charge is 0.362 e. The highest BCUT2D eigenvalue weighted by molar-refractivity contribution is 5.92. The lowest BCUT2D eigenvalue weighted by Gasteiger charge is -2.21. The first-order chi connectivity index (χ1) is 10.6. The third-order valence-electron chi connectivity index (χ3n) is 3.40. The Bertz CT molecular complexity index is 632. The summed E-state index contributed by atoms with van der Waals surface area (Å²) in [6, 6.07) is 7.78. The van der Waals surface area contributed by atoms with Gasteiger partial charge in [0.1, 0.15) is 0 Å². The molecular weight excluding hydrogens is 282 g/mol. The van der Waals surface area contributed by atoms with Gasteiger partial charge in [-0.25, -0.2) is 4.79 Å². The van der Waals surface area contributed by atoms with E-state index in [1.807, 2.05) is 24.3 Å². The first kappa shape index (κ1) is 15.8. The third kappa shape index (κ3) is 3.03. The average Bonchev–Trinajstić information content (AvgIpc) is 2.91. The van der Waals surface area contributed by atoms with E-state index in [0.29, 0.717) is 0 Å². The van der Waals surface area contributed by atoms with Gasteiger partial charge in [0.25, 0.3) is 0 Å². The maximum Gasteiger partial charge on any atom is 0.362 e. The third-order valence-corrected chi connectivity index (χ3v) is 3.40. The zero-order valence-electron chi connectivity index (χ0n) is 13.1. The minimum Gasteiger partial charge on any atom is -0.461 e. The molecule has 0 atom stereocenters. The van der Waals surface area contributed by atoms with Crippen LogP contribution >= 0.6 is 0 Å². The van der Waals surface area contributed by atoms with Crippen molar-refractivity contribution in [3.05, 3.63) is 30.0 Å². The summed E-state index contributed by atoms with van der Waals surface area (Å²) < 4.78 is 6.33. The Labute approximate surface area is 129 Å². The van der Waals surface area contributed by atoms with Crippen LogP contribution in [-0.4, -0.2) is 40.7 Å². The Morgan fingerprint density at radius 3 is 2.41 bits per heavy atom. The van der Waals surface area contributed by atoms with Crippen LogP contribution in [0.2, 0.25) is 0 Å². The molecule has 118 valence electrons. The molecule has 0 spiro atoms. The fourth-order valence-corrected chi connectivity index (χ4v) is 2.22. The molecule has 0 radical (unpaired) electrons. The fraction of sp³-hybridized carbons (Fsp3) is 0.400. The van der Waals surface area contributed by atoms with Gasteiger partial charge in [-0.15, -0.1) is 5.10 Å². The molecule has 7 heteroatoms. The van der Waals surface area contributed by atoms with Gasteiger partial charge in [-0.3, -0.25) is 0 Å². The van der Waals surface area contributed by atoms with E-state index in [4.69, 9.17) is 10.5 Å². The quantitative estimate of drug-likeness (QED) is 0.820. The lowest BCUT2D eigenvalue weighted by molar-refractivity contribution is 0.0520. The summed E-state index contributed by atoms with van der Waals surface area (Å²) in [7, 11) is 0. The number of rotatable bonds is 6. The summed E-state index contributed by atoms with van der Waals surface area (Å²) in [6.07, 6.45) is 0. The van der Waals surface area contributed by atoms with E-state index in [1.54, 1.807) is 6.92 Å². The van der Waals surface area contributed by atoms with E-state index >= 15 is 0 Å². The van der Waals surface area contributed by atoms with Crippen LogP contribution in [0.25, 0.3) is 5.69 Å². The SMILES string of the molecule is CCOC(=O)c1nnn(-c2ccc(N(CC)CC)cc2)c1N. The van der Waals surface area contributed by atoms with Crippen LogP contribution in [0.5, 0.6) is 0 Å². The molecule has 1 aromatic carbocycles. The van der Waals surface area contributed by atoms with Crippen LogP contribution in [0, 0.1) is 0 Å². The number of ether oxygens (including phenoxy) is 1. The van der Waals surface area contributed by atoms with Gasteiger partial charge < -0.3 is 15.4 Å². The zero-order valence-corrected chi connectivity index (χ0v) is 13.1. The molecule has 1 heterocycles. The molecule has 0 aliphatic rings. The maximum atomic E-state index is 11.7. The average molecular weight is 303 g/mol. The molecule has 0 unspecified atom stereocenters. The van der Waals surface area contributed by atoms with Crippen LogP contribution in [0.1, 0.15) is 31.3 Å². The number of hydrogen-bond donors (Lipinski definition) is 1. The van der Waals surface area contributed by atoms with Crippen LogP contribution in [0.4, 0.5) is 11.5 Å². The molecule has 2 aromatic rings. The van der Waals surface area contributed by atoms with E-state index in [2.05, 4.69) is 29.1 Å². The Morgan fingerprint density at radius 1 is 1.23 bits per heavy atom. The normalized spacial score (nSPS) is 10.5. The number of carbonyl (C=O) groups is 1. The summed E-state index contributed by atoms with van der Waals surface area (Å²) in [6.45, 7) is 8.09. The van der Waals surface area contributed by atoms with Crippen LogP contribution in [0.15, 0.2) is 24.3 Å². The van der Waals surface area contributed by atoms with Crippen molar-refractivity contribution in [2.24, 2.45) is 0 Å². The van der Waals surface area contributed by atoms with Crippen molar-refractivity contribution in [3.8, 4) is 5.69 Å². The van der Waals surface area contributed by atoms with E-state index in [1.165, 1.54) is 4.68 Å². The summed E-state index contributed by atoms with van der Waals surface area (Å²) in [5.74, 6) is -0.389. The number of esters is 1. The maximum absolute atomic E-state index is 11.7. The van der Waals surface area contributed by atoms with Crippen LogP contribution in [0.3, 0.4) is 0 Å². The Balaban J connectivity index is 2.27. The molecule has 0 aliphatic carbocycles. The van der Waals surface area contributed by atoms with Gasteiger partial charge >= 0.3 is 5.97 Å². The Hall–Kier alpha value is -2.57. The molecule has 0 fully saturated rings. The number of aromatic nitrogens is 3. The largest absolute Gasteiger partial charge is 0.461 e. The molecule has 7 nitrogen and oxygen atoms in total.